The first-order valence-corrected chi connectivity index (χ1v) is 10.5. The number of ether oxygens (including phenoxy) is 1. The third kappa shape index (κ3) is 5.38. The van der Waals surface area contributed by atoms with Gasteiger partial charge >= 0.3 is 0 Å². The van der Waals surface area contributed by atoms with Crippen molar-refractivity contribution in [3.8, 4) is 0 Å². The largest absolute Gasteiger partial charge is 0.379 e. The zero-order valence-electron chi connectivity index (χ0n) is 15.1. The summed E-state index contributed by atoms with van der Waals surface area (Å²) in [5.74, 6) is -0.0242. The van der Waals surface area contributed by atoms with Crippen molar-refractivity contribution in [3.05, 3.63) is 65.7 Å². The van der Waals surface area contributed by atoms with Crippen LogP contribution >= 0.6 is 0 Å². The molecule has 1 N–H and O–H groups in total. The van der Waals surface area contributed by atoms with Gasteiger partial charge < -0.3 is 10.1 Å². The predicted octanol–water partition coefficient (Wildman–Crippen LogP) is 1.96. The zero-order valence-corrected chi connectivity index (χ0v) is 16.0. The highest BCUT2D eigenvalue weighted by Crippen LogP contribution is 2.18. The van der Waals surface area contributed by atoms with Crippen LogP contribution in [0.1, 0.15) is 17.5 Å². The van der Waals surface area contributed by atoms with E-state index in [0.29, 0.717) is 45.7 Å². The van der Waals surface area contributed by atoms with E-state index < -0.39 is 10.0 Å². The van der Waals surface area contributed by atoms with Crippen LogP contribution in [0, 0.1) is 0 Å². The second-order valence-corrected chi connectivity index (χ2v) is 8.36. The molecule has 1 aliphatic rings. The lowest BCUT2D eigenvalue weighted by Crippen LogP contribution is -2.40. The predicted molar refractivity (Wildman–Crippen MR) is 103 cm³/mol. The van der Waals surface area contributed by atoms with Gasteiger partial charge in [0, 0.05) is 26.1 Å². The molecule has 1 fully saturated rings. The molecule has 0 spiro atoms. The minimum atomic E-state index is -3.48. The molecule has 7 heteroatoms. The lowest BCUT2D eigenvalue weighted by atomic mass is 10.1. The number of amides is 1. The average molecular weight is 388 g/mol. The first-order chi connectivity index (χ1) is 13.1. The summed E-state index contributed by atoms with van der Waals surface area (Å²) < 4.78 is 31.8. The van der Waals surface area contributed by atoms with Crippen molar-refractivity contribution in [1.29, 1.82) is 0 Å². The molecule has 2 aromatic rings. The van der Waals surface area contributed by atoms with E-state index in [1.54, 1.807) is 24.3 Å². The maximum atomic E-state index is 12.6. The normalized spacial score (nSPS) is 15.4. The Balaban J connectivity index is 1.50. The number of carbonyl (C=O) groups is 1. The van der Waals surface area contributed by atoms with Gasteiger partial charge in [-0.15, -0.1) is 0 Å². The minimum Gasteiger partial charge on any atom is -0.379 e. The van der Waals surface area contributed by atoms with Crippen molar-refractivity contribution in [2.24, 2.45) is 0 Å². The van der Waals surface area contributed by atoms with Gasteiger partial charge in [-0.1, -0.05) is 42.5 Å². The molecule has 6 nitrogen and oxygen atoms in total. The highest BCUT2D eigenvalue weighted by Gasteiger charge is 2.26. The number of nitrogens with one attached hydrogen (secondary N) is 1. The van der Waals surface area contributed by atoms with Gasteiger partial charge in [0.15, 0.2) is 0 Å². The lowest BCUT2D eigenvalue weighted by Gasteiger charge is -2.26. The quantitative estimate of drug-likeness (QED) is 0.787. The fraction of sp³-hybridized carbons (Fsp3) is 0.350. The molecule has 1 heterocycles. The summed E-state index contributed by atoms with van der Waals surface area (Å²) in [5.41, 5.74) is 1.99. The van der Waals surface area contributed by atoms with Crippen LogP contribution in [0.2, 0.25) is 0 Å². The van der Waals surface area contributed by atoms with Crippen LogP contribution < -0.4 is 5.32 Å². The number of aryl methyl sites for hydroxylation is 1. The average Bonchev–Trinajstić information content (AvgIpc) is 2.72. The van der Waals surface area contributed by atoms with E-state index in [1.807, 2.05) is 30.3 Å². The molecule has 0 saturated carbocycles. The van der Waals surface area contributed by atoms with E-state index in [1.165, 1.54) is 4.31 Å². The zero-order chi connectivity index (χ0) is 19.1. The van der Waals surface area contributed by atoms with Crippen LogP contribution in [0.15, 0.2) is 59.5 Å². The molecule has 27 heavy (non-hydrogen) atoms. The van der Waals surface area contributed by atoms with E-state index >= 15 is 0 Å². The monoisotopic (exact) mass is 388 g/mol. The van der Waals surface area contributed by atoms with Crippen molar-refractivity contribution in [1.82, 2.24) is 9.62 Å². The summed E-state index contributed by atoms with van der Waals surface area (Å²) in [4.78, 5) is 12.3. The fourth-order valence-electron chi connectivity index (χ4n) is 2.91. The smallest absolute Gasteiger partial charge is 0.243 e. The summed E-state index contributed by atoms with van der Waals surface area (Å²) in [7, 11) is -3.48. The number of rotatable bonds is 7. The van der Waals surface area contributed by atoms with Gasteiger partial charge in [-0.25, -0.2) is 8.42 Å². The molecule has 0 atom stereocenters. The molecule has 0 aliphatic carbocycles. The van der Waals surface area contributed by atoms with Crippen LogP contribution in [-0.2, 0) is 32.5 Å². The summed E-state index contributed by atoms with van der Waals surface area (Å²) in [6.07, 6.45) is 0.931. The van der Waals surface area contributed by atoms with Crippen LogP contribution in [-0.4, -0.2) is 44.9 Å². The van der Waals surface area contributed by atoms with E-state index in [-0.39, 0.29) is 10.8 Å². The van der Waals surface area contributed by atoms with E-state index in [4.69, 9.17) is 4.74 Å². The van der Waals surface area contributed by atoms with Gasteiger partial charge in [0.25, 0.3) is 0 Å². The Morgan fingerprint density at radius 2 is 1.63 bits per heavy atom. The van der Waals surface area contributed by atoms with Crippen molar-refractivity contribution >= 4 is 15.9 Å². The van der Waals surface area contributed by atoms with Crippen molar-refractivity contribution in [2.75, 3.05) is 26.3 Å². The summed E-state index contributed by atoms with van der Waals surface area (Å²) in [6.45, 7) is 2.12. The Labute approximate surface area is 160 Å². The van der Waals surface area contributed by atoms with Crippen LogP contribution in [0.4, 0.5) is 0 Å². The minimum absolute atomic E-state index is 0.0242. The molecule has 3 rings (SSSR count). The SMILES string of the molecule is O=C(CCc1ccc(S(=O)(=O)N2CCOCC2)cc1)NCc1ccccc1. The van der Waals surface area contributed by atoms with Gasteiger partial charge in [-0.2, -0.15) is 4.31 Å². The molecule has 0 unspecified atom stereocenters. The number of morpholine rings is 1. The number of hydrogen-bond acceptors (Lipinski definition) is 4. The lowest BCUT2D eigenvalue weighted by molar-refractivity contribution is -0.121. The van der Waals surface area contributed by atoms with Gasteiger partial charge in [0.1, 0.15) is 0 Å². The third-order valence-corrected chi connectivity index (χ3v) is 6.42. The number of benzene rings is 2. The molecule has 1 amide bonds. The van der Waals surface area contributed by atoms with Crippen molar-refractivity contribution < 1.29 is 17.9 Å². The highest BCUT2D eigenvalue weighted by molar-refractivity contribution is 7.89. The van der Waals surface area contributed by atoms with Gasteiger partial charge in [0.05, 0.1) is 18.1 Å². The molecule has 1 aliphatic heterocycles. The molecule has 1 saturated heterocycles. The molecule has 0 aromatic heterocycles. The number of carbonyl (C=O) groups excluding carboxylic acids is 1. The summed E-state index contributed by atoms with van der Waals surface area (Å²) in [5, 5.41) is 2.89. The van der Waals surface area contributed by atoms with Crippen molar-refractivity contribution in [2.45, 2.75) is 24.3 Å². The van der Waals surface area contributed by atoms with E-state index in [2.05, 4.69) is 5.32 Å². The second-order valence-electron chi connectivity index (χ2n) is 6.42. The summed E-state index contributed by atoms with van der Waals surface area (Å²) in [6, 6.07) is 16.5. The van der Waals surface area contributed by atoms with Crippen LogP contribution in [0.25, 0.3) is 0 Å². The Bertz CT molecular complexity index is 845. The molecule has 2 aromatic carbocycles. The number of nitrogens with zero attached hydrogens (tertiary/aromatic N) is 1. The maximum absolute atomic E-state index is 12.6. The molecular formula is C20H24N2O4S. The molecule has 144 valence electrons. The third-order valence-electron chi connectivity index (χ3n) is 4.50. The maximum Gasteiger partial charge on any atom is 0.243 e. The summed E-state index contributed by atoms with van der Waals surface area (Å²) >= 11 is 0. The molecular weight excluding hydrogens is 364 g/mol. The van der Waals surface area contributed by atoms with Gasteiger partial charge in [0.2, 0.25) is 15.9 Å². The van der Waals surface area contributed by atoms with Gasteiger partial charge in [-0.3, -0.25) is 4.79 Å². The standard InChI is InChI=1S/C20H24N2O4S/c23-20(21-16-18-4-2-1-3-5-18)11-8-17-6-9-19(10-7-17)27(24,25)22-12-14-26-15-13-22/h1-7,9-10H,8,11-16H2,(H,21,23). The topological polar surface area (TPSA) is 75.7 Å². The number of hydrogen-bond donors (Lipinski definition) is 1. The number of sulfonamides is 1. The fourth-order valence-corrected chi connectivity index (χ4v) is 4.31. The molecule has 0 bridgehead atoms. The Morgan fingerprint density at radius 1 is 0.963 bits per heavy atom. The van der Waals surface area contributed by atoms with E-state index in [9.17, 15) is 13.2 Å². The Hall–Kier alpha value is -2.22. The Kier molecular flexibility index (Phi) is 6.60. The van der Waals surface area contributed by atoms with Crippen LogP contribution in [0.5, 0.6) is 0 Å². The van der Waals surface area contributed by atoms with Gasteiger partial charge in [-0.05, 0) is 29.7 Å². The highest BCUT2D eigenvalue weighted by atomic mass is 32.2. The molecule has 0 radical (unpaired) electrons. The first kappa shape index (κ1) is 19.5. The van der Waals surface area contributed by atoms with Crippen LogP contribution in [0.3, 0.4) is 0 Å². The Morgan fingerprint density at radius 3 is 2.30 bits per heavy atom. The second kappa shape index (κ2) is 9.12. The first-order valence-electron chi connectivity index (χ1n) is 9.03. The van der Waals surface area contributed by atoms with Crippen molar-refractivity contribution in [3.63, 3.8) is 0 Å². The van der Waals surface area contributed by atoms with E-state index in [0.717, 1.165) is 11.1 Å².